The van der Waals surface area contributed by atoms with Crippen molar-refractivity contribution in [2.24, 2.45) is 11.8 Å². The summed E-state index contributed by atoms with van der Waals surface area (Å²) in [6.07, 6.45) is 0.522. The second-order valence-corrected chi connectivity index (χ2v) is 9.66. The molecule has 0 saturated heterocycles. The lowest BCUT2D eigenvalue weighted by Crippen LogP contribution is -2.55. The van der Waals surface area contributed by atoms with Crippen LogP contribution in [-0.4, -0.2) is 47.7 Å². The van der Waals surface area contributed by atoms with Gasteiger partial charge in [-0.15, -0.1) is 0 Å². The Labute approximate surface area is 200 Å². The summed E-state index contributed by atoms with van der Waals surface area (Å²) in [6.45, 7) is -0.351. The molecule has 0 radical (unpaired) electrons. The lowest BCUT2D eigenvalue weighted by Gasteiger charge is -2.41. The van der Waals surface area contributed by atoms with Gasteiger partial charge in [0.2, 0.25) is 5.91 Å². The second kappa shape index (κ2) is 8.62. The van der Waals surface area contributed by atoms with E-state index >= 15 is 0 Å². The minimum Gasteiger partial charge on any atom is -0.481 e. The van der Waals surface area contributed by atoms with Gasteiger partial charge in [0.1, 0.15) is 12.5 Å². The third-order valence-corrected chi connectivity index (χ3v) is 7.48. The summed E-state index contributed by atoms with van der Waals surface area (Å²) < 4.78 is 34.0. The number of carboxylic acid groups (broad SMARTS) is 1. The summed E-state index contributed by atoms with van der Waals surface area (Å²) in [5.74, 6) is -8.32. The van der Waals surface area contributed by atoms with Crippen molar-refractivity contribution in [3.8, 4) is 11.1 Å². The third-order valence-electron chi connectivity index (χ3n) is 7.48. The SMILES string of the molecule is O=C(O)CC1(NC(=O)[C@@H]2[C@H](CNC(=O)OCC3c4ccccc4-c4ccccc43)C2(F)F)CCC1. The quantitative estimate of drug-likeness (QED) is 0.527. The zero-order chi connectivity index (χ0) is 24.8. The van der Waals surface area contributed by atoms with Crippen molar-refractivity contribution in [1.82, 2.24) is 10.6 Å². The highest BCUT2D eigenvalue weighted by molar-refractivity contribution is 5.85. The van der Waals surface area contributed by atoms with Gasteiger partial charge in [-0.05, 0) is 41.5 Å². The van der Waals surface area contributed by atoms with E-state index in [4.69, 9.17) is 9.84 Å². The maximum atomic E-state index is 14.3. The summed E-state index contributed by atoms with van der Waals surface area (Å²) in [5.41, 5.74) is 3.29. The molecule has 0 aromatic heterocycles. The Morgan fingerprint density at radius 3 is 2.14 bits per heavy atom. The number of fused-ring (bicyclic) bond motifs is 3. The number of rotatable bonds is 8. The monoisotopic (exact) mass is 484 g/mol. The fraction of sp³-hybridized carbons (Fsp3) is 0.423. The number of nitrogens with one attached hydrogen (secondary N) is 2. The Kier molecular flexibility index (Phi) is 5.73. The van der Waals surface area contributed by atoms with Gasteiger partial charge in [0.25, 0.3) is 5.92 Å². The van der Waals surface area contributed by atoms with Crippen LogP contribution >= 0.6 is 0 Å². The molecule has 184 valence electrons. The van der Waals surface area contributed by atoms with Crippen LogP contribution in [0.1, 0.15) is 42.7 Å². The van der Waals surface area contributed by atoms with Crippen molar-refractivity contribution in [3.05, 3.63) is 59.7 Å². The van der Waals surface area contributed by atoms with Gasteiger partial charge in [0.05, 0.1) is 17.9 Å². The number of halogens is 2. The zero-order valence-corrected chi connectivity index (χ0v) is 18.9. The average molecular weight is 484 g/mol. The molecular formula is C26H26F2N2O5. The number of alkyl halides is 2. The highest BCUT2D eigenvalue weighted by Crippen LogP contribution is 2.55. The average Bonchev–Trinajstić information content (AvgIpc) is 3.21. The molecule has 3 N–H and O–H groups in total. The molecule has 2 amide bonds. The molecule has 0 heterocycles. The molecule has 5 rings (SSSR count). The highest BCUT2D eigenvalue weighted by atomic mass is 19.3. The predicted molar refractivity (Wildman–Crippen MR) is 122 cm³/mol. The van der Waals surface area contributed by atoms with E-state index in [-0.39, 0.29) is 18.9 Å². The minimum absolute atomic E-state index is 0.0581. The first-order chi connectivity index (χ1) is 16.7. The van der Waals surface area contributed by atoms with E-state index in [0.717, 1.165) is 28.7 Å². The van der Waals surface area contributed by atoms with E-state index in [2.05, 4.69) is 10.6 Å². The molecule has 3 aliphatic carbocycles. The van der Waals surface area contributed by atoms with Crippen LogP contribution in [0.3, 0.4) is 0 Å². The van der Waals surface area contributed by atoms with Gasteiger partial charge in [-0.2, -0.15) is 0 Å². The normalized spacial score (nSPS) is 22.8. The first-order valence-electron chi connectivity index (χ1n) is 11.7. The number of alkyl carbamates (subject to hydrolysis) is 1. The Balaban J connectivity index is 1.15. The van der Waals surface area contributed by atoms with E-state index in [1.807, 2.05) is 48.5 Å². The first kappa shape index (κ1) is 23.3. The van der Waals surface area contributed by atoms with Gasteiger partial charge in [-0.3, -0.25) is 9.59 Å². The van der Waals surface area contributed by atoms with E-state index in [9.17, 15) is 23.2 Å². The molecule has 0 unspecified atom stereocenters. The molecule has 2 aromatic carbocycles. The standard InChI is InChI=1S/C26H26F2N2O5/c27-26(28)20(22(26)23(33)30-25(10-5-11-25)12-21(31)32)13-29-24(34)35-14-19-17-8-3-1-6-15(17)16-7-2-4-9-18(16)19/h1-4,6-9,19-20,22H,5,10-14H2,(H,29,34)(H,30,33)(H,31,32)/t20-,22-/m0/s1. The van der Waals surface area contributed by atoms with Crippen LogP contribution in [0.4, 0.5) is 13.6 Å². The molecule has 0 aliphatic heterocycles. The Morgan fingerprint density at radius 2 is 1.60 bits per heavy atom. The van der Waals surface area contributed by atoms with Gasteiger partial charge in [0, 0.05) is 12.5 Å². The molecule has 2 saturated carbocycles. The van der Waals surface area contributed by atoms with Crippen LogP contribution in [0.15, 0.2) is 48.5 Å². The van der Waals surface area contributed by atoms with Crippen molar-refractivity contribution in [2.45, 2.75) is 43.1 Å². The van der Waals surface area contributed by atoms with Crippen molar-refractivity contribution in [3.63, 3.8) is 0 Å². The summed E-state index contributed by atoms with van der Waals surface area (Å²) in [7, 11) is 0. The second-order valence-electron chi connectivity index (χ2n) is 9.66. The number of ether oxygens (including phenoxy) is 1. The highest BCUT2D eigenvalue weighted by Gasteiger charge is 2.72. The van der Waals surface area contributed by atoms with E-state index < -0.39 is 47.8 Å². The largest absolute Gasteiger partial charge is 0.481 e. The number of carboxylic acids is 1. The van der Waals surface area contributed by atoms with Gasteiger partial charge >= 0.3 is 12.1 Å². The third kappa shape index (κ3) is 4.24. The van der Waals surface area contributed by atoms with Crippen LogP contribution in [0.25, 0.3) is 11.1 Å². The molecule has 35 heavy (non-hydrogen) atoms. The van der Waals surface area contributed by atoms with Crippen LogP contribution < -0.4 is 10.6 Å². The molecule has 3 aliphatic rings. The maximum Gasteiger partial charge on any atom is 0.407 e. The summed E-state index contributed by atoms with van der Waals surface area (Å²) >= 11 is 0. The molecule has 0 bridgehead atoms. The zero-order valence-electron chi connectivity index (χ0n) is 18.9. The molecular weight excluding hydrogens is 458 g/mol. The molecule has 9 heteroatoms. The number of benzene rings is 2. The van der Waals surface area contributed by atoms with E-state index in [0.29, 0.717) is 12.8 Å². The summed E-state index contributed by atoms with van der Waals surface area (Å²) in [4.78, 5) is 35.9. The Hall–Kier alpha value is -3.49. The van der Waals surface area contributed by atoms with E-state index in [1.165, 1.54) is 0 Å². The lowest BCUT2D eigenvalue weighted by atomic mass is 9.74. The topological polar surface area (TPSA) is 105 Å². The molecule has 0 spiro atoms. The van der Waals surface area contributed by atoms with Crippen molar-refractivity contribution >= 4 is 18.0 Å². The minimum atomic E-state index is -3.27. The number of carbonyl (C=O) groups excluding carboxylic acids is 2. The van der Waals surface area contributed by atoms with Crippen molar-refractivity contribution in [2.75, 3.05) is 13.2 Å². The first-order valence-corrected chi connectivity index (χ1v) is 11.7. The number of amides is 2. The Bertz CT molecular complexity index is 1130. The van der Waals surface area contributed by atoms with Crippen LogP contribution in [0, 0.1) is 11.8 Å². The lowest BCUT2D eigenvalue weighted by molar-refractivity contribution is -0.140. The maximum absolute atomic E-state index is 14.3. The van der Waals surface area contributed by atoms with Crippen molar-refractivity contribution in [1.29, 1.82) is 0 Å². The molecule has 2 atom stereocenters. The molecule has 2 fully saturated rings. The predicted octanol–water partition coefficient (Wildman–Crippen LogP) is 3.92. The summed E-state index contributed by atoms with van der Waals surface area (Å²) in [6, 6.07) is 15.7. The number of carbonyl (C=O) groups is 3. The summed E-state index contributed by atoms with van der Waals surface area (Å²) in [5, 5.41) is 14.0. The van der Waals surface area contributed by atoms with Gasteiger partial charge < -0.3 is 20.5 Å². The van der Waals surface area contributed by atoms with Crippen molar-refractivity contribution < 1.29 is 33.0 Å². The van der Waals surface area contributed by atoms with Gasteiger partial charge in [-0.1, -0.05) is 48.5 Å². The molecule has 7 nitrogen and oxygen atoms in total. The van der Waals surface area contributed by atoms with Gasteiger partial charge in [0.15, 0.2) is 0 Å². The van der Waals surface area contributed by atoms with Crippen LogP contribution in [0.5, 0.6) is 0 Å². The fourth-order valence-electron chi connectivity index (χ4n) is 5.42. The smallest absolute Gasteiger partial charge is 0.407 e. The van der Waals surface area contributed by atoms with Gasteiger partial charge in [-0.25, -0.2) is 13.6 Å². The number of hydrogen-bond donors (Lipinski definition) is 3. The van der Waals surface area contributed by atoms with Crippen LogP contribution in [-0.2, 0) is 14.3 Å². The van der Waals surface area contributed by atoms with Crippen LogP contribution in [0.2, 0.25) is 0 Å². The fourth-order valence-corrected chi connectivity index (χ4v) is 5.42. The number of hydrogen-bond acceptors (Lipinski definition) is 4. The Morgan fingerprint density at radius 1 is 1.00 bits per heavy atom. The van der Waals surface area contributed by atoms with E-state index in [1.54, 1.807) is 0 Å². The number of aliphatic carboxylic acids is 1. The molecule has 2 aromatic rings.